The largest absolute Gasteiger partial charge is 0.352 e. The molecule has 7 heteroatoms. The quantitative estimate of drug-likeness (QED) is 0.622. The molecule has 0 bridgehead atoms. The van der Waals surface area contributed by atoms with Crippen molar-refractivity contribution >= 4 is 23.6 Å². The van der Waals surface area contributed by atoms with Gasteiger partial charge >= 0.3 is 0 Å². The number of halogens is 1. The first-order valence-electron chi connectivity index (χ1n) is 10.6. The Morgan fingerprint density at radius 1 is 1.31 bits per heavy atom. The van der Waals surface area contributed by atoms with E-state index in [1.807, 2.05) is 13.0 Å². The Morgan fingerprint density at radius 2 is 2.03 bits per heavy atom. The fourth-order valence-corrected chi connectivity index (χ4v) is 5.13. The van der Waals surface area contributed by atoms with Crippen molar-refractivity contribution in [1.29, 1.82) is 0 Å². The number of carbonyl (C=O) groups is 2. The molecule has 0 saturated carbocycles. The normalized spacial score (nSPS) is 20.1. The van der Waals surface area contributed by atoms with Crippen molar-refractivity contribution in [2.75, 3.05) is 25.4 Å². The van der Waals surface area contributed by atoms with Gasteiger partial charge in [0.25, 0.3) is 0 Å². The first-order chi connectivity index (χ1) is 13.9. The highest BCUT2D eigenvalue weighted by Gasteiger charge is 2.41. The van der Waals surface area contributed by atoms with Gasteiger partial charge in [0.2, 0.25) is 11.8 Å². The second kappa shape index (κ2) is 11.6. The van der Waals surface area contributed by atoms with E-state index in [1.54, 1.807) is 17.9 Å². The summed E-state index contributed by atoms with van der Waals surface area (Å²) in [7, 11) is 0. The van der Waals surface area contributed by atoms with Crippen LogP contribution in [0, 0.1) is 5.82 Å². The van der Waals surface area contributed by atoms with E-state index in [1.165, 1.54) is 23.9 Å². The lowest BCUT2D eigenvalue weighted by atomic mass is 10.1. The summed E-state index contributed by atoms with van der Waals surface area (Å²) in [6.07, 6.45) is 2.23. The van der Waals surface area contributed by atoms with E-state index in [4.69, 9.17) is 0 Å². The molecule has 1 N–H and O–H groups in total. The molecule has 1 aliphatic heterocycles. The van der Waals surface area contributed by atoms with Crippen LogP contribution < -0.4 is 5.32 Å². The van der Waals surface area contributed by atoms with Crippen LogP contribution in [-0.2, 0) is 9.59 Å². The smallest absolute Gasteiger partial charge is 0.243 e. The molecule has 2 rings (SSSR count). The molecule has 2 amide bonds. The zero-order chi connectivity index (χ0) is 21.4. The minimum absolute atomic E-state index is 0.0508. The third-order valence-electron chi connectivity index (χ3n) is 5.42. The average Bonchev–Trinajstić information content (AvgIpc) is 3.16. The maximum atomic E-state index is 13.7. The van der Waals surface area contributed by atoms with Crippen molar-refractivity contribution in [3.05, 3.63) is 35.6 Å². The molecule has 0 aliphatic carbocycles. The lowest BCUT2D eigenvalue weighted by Crippen LogP contribution is -2.49. The highest BCUT2D eigenvalue weighted by Crippen LogP contribution is 2.42. The fourth-order valence-electron chi connectivity index (χ4n) is 3.68. The van der Waals surface area contributed by atoms with Crippen LogP contribution in [0.4, 0.5) is 4.39 Å². The number of benzene rings is 1. The molecule has 1 heterocycles. The van der Waals surface area contributed by atoms with Gasteiger partial charge in [0.1, 0.15) is 17.2 Å². The van der Waals surface area contributed by atoms with Gasteiger partial charge in [0.05, 0.1) is 0 Å². The van der Waals surface area contributed by atoms with Crippen molar-refractivity contribution in [3.63, 3.8) is 0 Å². The van der Waals surface area contributed by atoms with Gasteiger partial charge in [-0.3, -0.25) is 9.59 Å². The van der Waals surface area contributed by atoms with Crippen LogP contribution in [0.2, 0.25) is 0 Å². The van der Waals surface area contributed by atoms with Crippen LogP contribution in [0.1, 0.15) is 57.9 Å². The topological polar surface area (TPSA) is 52.7 Å². The van der Waals surface area contributed by atoms with Gasteiger partial charge in [0.15, 0.2) is 0 Å². The molecule has 1 saturated heterocycles. The van der Waals surface area contributed by atoms with Crippen molar-refractivity contribution in [2.45, 2.75) is 64.4 Å². The number of rotatable bonds is 10. The lowest BCUT2D eigenvalue weighted by Gasteiger charge is -2.29. The summed E-state index contributed by atoms with van der Waals surface area (Å²) in [5.74, 6) is -0.0147. The van der Waals surface area contributed by atoms with E-state index in [0.717, 1.165) is 38.0 Å². The summed E-state index contributed by atoms with van der Waals surface area (Å²) in [5, 5.41) is 2.76. The van der Waals surface area contributed by atoms with Gasteiger partial charge in [-0.05, 0) is 57.1 Å². The number of carbonyl (C=O) groups excluding carboxylic acids is 2. The zero-order valence-electron chi connectivity index (χ0n) is 18.0. The molecular formula is C22H34FN3O2S. The van der Waals surface area contributed by atoms with E-state index in [0.29, 0.717) is 12.2 Å². The van der Waals surface area contributed by atoms with Gasteiger partial charge in [-0.1, -0.05) is 32.9 Å². The number of hydrogen-bond acceptors (Lipinski definition) is 4. The maximum Gasteiger partial charge on any atom is 0.243 e. The van der Waals surface area contributed by atoms with Crippen LogP contribution in [-0.4, -0.2) is 59.1 Å². The number of hydrogen-bond donors (Lipinski definition) is 1. The van der Waals surface area contributed by atoms with Crippen LogP contribution >= 0.6 is 11.8 Å². The molecule has 5 nitrogen and oxygen atoms in total. The van der Waals surface area contributed by atoms with Crippen LogP contribution in [0.3, 0.4) is 0 Å². The lowest BCUT2D eigenvalue weighted by molar-refractivity contribution is -0.139. The van der Waals surface area contributed by atoms with Gasteiger partial charge in [0, 0.05) is 18.2 Å². The summed E-state index contributed by atoms with van der Waals surface area (Å²) in [6.45, 7) is 11.2. The average molecular weight is 424 g/mol. The number of nitrogens with one attached hydrogen (secondary N) is 1. The molecule has 1 aromatic carbocycles. The standard InChI is InChI=1S/C22H34FN3O2S/c1-5-20(27)26-19(15-29-22(26)17-11-8-12-18(23)14-17)21(28)24-16(4)10-9-13-25(6-2)7-3/h8,11-12,14,16,19,22H,5-7,9-10,13,15H2,1-4H3,(H,24,28)/t16-,19+,22+/m0/s1. The van der Waals surface area contributed by atoms with Gasteiger partial charge in [-0.25, -0.2) is 4.39 Å². The van der Waals surface area contributed by atoms with Gasteiger partial charge < -0.3 is 15.1 Å². The number of nitrogens with zero attached hydrogens (tertiary/aromatic N) is 2. The second-order valence-corrected chi connectivity index (χ2v) is 8.60. The van der Waals surface area contributed by atoms with E-state index in [9.17, 15) is 14.0 Å². The van der Waals surface area contributed by atoms with Crippen LogP contribution in [0.5, 0.6) is 0 Å². The maximum absolute atomic E-state index is 13.7. The Hall–Kier alpha value is -1.60. The first-order valence-corrected chi connectivity index (χ1v) is 11.7. The van der Waals surface area contributed by atoms with Crippen molar-refractivity contribution < 1.29 is 14.0 Å². The Labute approximate surface area is 178 Å². The minimum atomic E-state index is -0.522. The highest BCUT2D eigenvalue weighted by molar-refractivity contribution is 7.99. The van der Waals surface area contributed by atoms with Crippen LogP contribution in [0.15, 0.2) is 24.3 Å². The van der Waals surface area contributed by atoms with Crippen molar-refractivity contribution in [1.82, 2.24) is 15.1 Å². The number of amides is 2. The predicted octanol–water partition coefficient (Wildman–Crippen LogP) is 3.81. The molecule has 1 fully saturated rings. The summed E-state index contributed by atoms with van der Waals surface area (Å²) in [4.78, 5) is 29.6. The summed E-state index contributed by atoms with van der Waals surface area (Å²) in [6, 6.07) is 5.82. The van der Waals surface area contributed by atoms with E-state index in [-0.39, 0.29) is 29.0 Å². The molecule has 1 aliphatic rings. The van der Waals surface area contributed by atoms with Crippen molar-refractivity contribution in [3.8, 4) is 0 Å². The Kier molecular flexibility index (Phi) is 9.43. The first kappa shape index (κ1) is 23.7. The third kappa shape index (κ3) is 6.44. The van der Waals surface area contributed by atoms with Crippen LogP contribution in [0.25, 0.3) is 0 Å². The summed E-state index contributed by atoms with van der Waals surface area (Å²) >= 11 is 1.52. The van der Waals surface area contributed by atoms with Gasteiger partial charge in [-0.2, -0.15) is 0 Å². The monoisotopic (exact) mass is 423 g/mol. The third-order valence-corrected chi connectivity index (χ3v) is 6.75. The molecule has 3 atom stereocenters. The SMILES string of the molecule is CCC(=O)N1[C@@H](C(=O)N[C@@H](C)CCCN(CC)CC)CS[C@@H]1c1cccc(F)c1. The van der Waals surface area contributed by atoms with Crippen molar-refractivity contribution in [2.24, 2.45) is 0 Å². The van der Waals surface area contributed by atoms with E-state index in [2.05, 4.69) is 24.1 Å². The number of thioether (sulfide) groups is 1. The van der Waals surface area contributed by atoms with Gasteiger partial charge in [-0.15, -0.1) is 11.8 Å². The molecule has 1 aromatic rings. The predicted molar refractivity (Wildman–Crippen MR) is 117 cm³/mol. The molecule has 0 aromatic heterocycles. The Bertz CT molecular complexity index is 684. The molecule has 162 valence electrons. The van der Waals surface area contributed by atoms with E-state index >= 15 is 0 Å². The minimum Gasteiger partial charge on any atom is -0.352 e. The van der Waals surface area contributed by atoms with E-state index < -0.39 is 6.04 Å². The second-order valence-electron chi connectivity index (χ2n) is 7.49. The molecule has 0 radical (unpaired) electrons. The summed E-state index contributed by atoms with van der Waals surface area (Å²) in [5.41, 5.74) is 0.722. The molecule has 29 heavy (non-hydrogen) atoms. The molecule has 0 unspecified atom stereocenters. The molecule has 0 spiro atoms. The Morgan fingerprint density at radius 3 is 2.66 bits per heavy atom. The highest BCUT2D eigenvalue weighted by atomic mass is 32.2. The fraction of sp³-hybridized carbons (Fsp3) is 0.636. The Balaban J connectivity index is 2.00. The molecular weight excluding hydrogens is 389 g/mol. The summed E-state index contributed by atoms with van der Waals surface area (Å²) < 4.78 is 13.7. The zero-order valence-corrected chi connectivity index (χ0v) is 18.8.